The number of carbonyl (C=O) groups excluding carboxylic acids is 1. The minimum atomic E-state index is -0.211. The lowest BCUT2D eigenvalue weighted by Gasteiger charge is -2.29. The maximum Gasteiger partial charge on any atom is 0.333 e. The highest BCUT2D eigenvalue weighted by Gasteiger charge is 2.36. The standard InChI is InChI=1S/C20H23N3O2S/c1-5-8-26-17-9-14(7-6-13(17)12-21)23-15-10-20(2,3)11-16(24)18(15)22(4)19(23)25/h6-7,9H,5,8,10-11H2,1-4H3. The summed E-state index contributed by atoms with van der Waals surface area (Å²) in [5.74, 6) is 0.926. The largest absolute Gasteiger partial charge is 0.333 e. The van der Waals surface area contributed by atoms with Crippen LogP contribution in [0.4, 0.5) is 0 Å². The van der Waals surface area contributed by atoms with Crippen LogP contribution < -0.4 is 5.69 Å². The average Bonchev–Trinajstić information content (AvgIpc) is 2.82. The topological polar surface area (TPSA) is 67.8 Å². The Balaban J connectivity index is 2.20. The van der Waals surface area contributed by atoms with Gasteiger partial charge in [-0.2, -0.15) is 5.26 Å². The van der Waals surface area contributed by atoms with Gasteiger partial charge in [-0.05, 0) is 42.2 Å². The van der Waals surface area contributed by atoms with Gasteiger partial charge in [0, 0.05) is 18.4 Å². The van der Waals surface area contributed by atoms with Gasteiger partial charge in [0.2, 0.25) is 0 Å². The number of benzene rings is 1. The second-order valence-corrected chi connectivity index (χ2v) is 8.69. The lowest BCUT2D eigenvalue weighted by molar-refractivity contribution is 0.0901. The van der Waals surface area contributed by atoms with Gasteiger partial charge in [0.15, 0.2) is 5.78 Å². The first-order chi connectivity index (χ1) is 12.3. The molecule has 1 aliphatic carbocycles. The number of hydrogen-bond acceptors (Lipinski definition) is 4. The number of ketones is 1. The van der Waals surface area contributed by atoms with Crippen molar-refractivity contribution in [1.29, 1.82) is 5.26 Å². The Morgan fingerprint density at radius 2 is 2.00 bits per heavy atom. The van der Waals surface area contributed by atoms with Crippen molar-refractivity contribution in [2.75, 3.05) is 5.75 Å². The lowest BCUT2D eigenvalue weighted by atomic mass is 9.77. The molecule has 0 aliphatic heterocycles. The average molecular weight is 369 g/mol. The van der Waals surface area contributed by atoms with E-state index in [9.17, 15) is 14.9 Å². The van der Waals surface area contributed by atoms with Crippen LogP contribution >= 0.6 is 11.8 Å². The number of hydrogen-bond donors (Lipinski definition) is 0. The van der Waals surface area contributed by atoms with Crippen LogP contribution in [-0.2, 0) is 13.5 Å². The Morgan fingerprint density at radius 1 is 1.27 bits per heavy atom. The van der Waals surface area contributed by atoms with Crippen molar-refractivity contribution in [3.05, 3.63) is 45.6 Å². The predicted molar refractivity (Wildman–Crippen MR) is 103 cm³/mol. The van der Waals surface area contributed by atoms with E-state index in [-0.39, 0.29) is 16.9 Å². The molecule has 1 aromatic carbocycles. The third kappa shape index (κ3) is 3.12. The van der Waals surface area contributed by atoms with Crippen LogP contribution in [-0.4, -0.2) is 20.7 Å². The Kier molecular flexibility index (Phi) is 4.85. The van der Waals surface area contributed by atoms with Crippen LogP contribution in [0.1, 0.15) is 55.4 Å². The molecular weight excluding hydrogens is 346 g/mol. The molecule has 26 heavy (non-hydrogen) atoms. The third-order valence-electron chi connectivity index (χ3n) is 4.71. The third-order valence-corrected chi connectivity index (χ3v) is 5.97. The number of imidazole rings is 1. The summed E-state index contributed by atoms with van der Waals surface area (Å²) < 4.78 is 3.11. The molecule has 0 unspecified atom stereocenters. The lowest BCUT2D eigenvalue weighted by Crippen LogP contribution is -2.29. The monoisotopic (exact) mass is 369 g/mol. The number of fused-ring (bicyclic) bond motifs is 1. The number of Topliss-reactive ketones (excluding diaryl/α,β-unsaturated/α-hetero) is 1. The summed E-state index contributed by atoms with van der Waals surface area (Å²) in [4.78, 5) is 26.4. The second kappa shape index (κ2) is 6.81. The number of rotatable bonds is 4. The molecule has 0 spiro atoms. The highest BCUT2D eigenvalue weighted by Crippen LogP contribution is 2.35. The minimum absolute atomic E-state index is 0.0174. The van der Waals surface area contributed by atoms with Gasteiger partial charge in [0.25, 0.3) is 0 Å². The van der Waals surface area contributed by atoms with Crippen molar-refractivity contribution >= 4 is 17.5 Å². The molecule has 0 saturated carbocycles. The quantitative estimate of drug-likeness (QED) is 0.771. The van der Waals surface area contributed by atoms with Crippen molar-refractivity contribution in [3.8, 4) is 11.8 Å². The first-order valence-electron chi connectivity index (χ1n) is 8.80. The van der Waals surface area contributed by atoms with Crippen LogP contribution in [0.25, 0.3) is 5.69 Å². The van der Waals surface area contributed by atoms with E-state index < -0.39 is 0 Å². The van der Waals surface area contributed by atoms with E-state index in [0.29, 0.717) is 24.1 Å². The minimum Gasteiger partial charge on any atom is -0.292 e. The van der Waals surface area contributed by atoms with Gasteiger partial charge in [-0.3, -0.25) is 13.9 Å². The molecule has 0 fully saturated rings. The molecule has 0 N–H and O–H groups in total. The van der Waals surface area contributed by atoms with Gasteiger partial charge in [-0.25, -0.2) is 4.79 Å². The van der Waals surface area contributed by atoms with Gasteiger partial charge in [0.1, 0.15) is 11.8 Å². The van der Waals surface area contributed by atoms with Crippen LogP contribution in [0.15, 0.2) is 27.9 Å². The van der Waals surface area contributed by atoms with E-state index in [1.807, 2.05) is 6.07 Å². The van der Waals surface area contributed by atoms with Gasteiger partial charge in [0.05, 0.1) is 16.9 Å². The summed E-state index contributed by atoms with van der Waals surface area (Å²) in [5, 5.41) is 9.35. The number of thioether (sulfide) groups is 1. The molecule has 3 rings (SSSR count). The number of nitriles is 1. The van der Waals surface area contributed by atoms with Crippen molar-refractivity contribution in [1.82, 2.24) is 9.13 Å². The number of nitrogens with zero attached hydrogens (tertiary/aromatic N) is 3. The second-order valence-electron chi connectivity index (χ2n) is 7.55. The first-order valence-corrected chi connectivity index (χ1v) is 9.78. The predicted octanol–water partition coefficient (Wildman–Crippen LogP) is 3.70. The smallest absolute Gasteiger partial charge is 0.292 e. The summed E-state index contributed by atoms with van der Waals surface area (Å²) >= 11 is 1.62. The van der Waals surface area contributed by atoms with Gasteiger partial charge in [-0.15, -0.1) is 11.8 Å². The molecule has 0 amide bonds. The summed E-state index contributed by atoms with van der Waals surface area (Å²) in [5.41, 5.74) is 2.23. The summed E-state index contributed by atoms with van der Waals surface area (Å²) in [6, 6.07) is 7.67. The van der Waals surface area contributed by atoms with E-state index in [2.05, 4.69) is 26.8 Å². The molecule has 6 heteroatoms. The molecule has 1 heterocycles. The van der Waals surface area contributed by atoms with Gasteiger partial charge in [-0.1, -0.05) is 20.8 Å². The molecule has 0 atom stereocenters. The number of aromatic nitrogens is 2. The van der Waals surface area contributed by atoms with E-state index in [1.54, 1.807) is 35.5 Å². The molecule has 5 nitrogen and oxygen atoms in total. The first kappa shape index (κ1) is 18.5. The number of carbonyl (C=O) groups is 1. The molecule has 2 aromatic rings. The maximum atomic E-state index is 12.9. The molecule has 0 radical (unpaired) electrons. The molecule has 1 aromatic heterocycles. The van der Waals surface area contributed by atoms with E-state index in [0.717, 1.165) is 28.5 Å². The fourth-order valence-electron chi connectivity index (χ4n) is 3.55. The SMILES string of the molecule is CCCSc1cc(-n2c3c(n(C)c2=O)C(=O)CC(C)(C)C3)ccc1C#N. The summed E-state index contributed by atoms with van der Waals surface area (Å²) in [6.45, 7) is 6.20. The Hall–Kier alpha value is -2.26. The molecule has 136 valence electrons. The highest BCUT2D eigenvalue weighted by molar-refractivity contribution is 7.99. The molecule has 0 bridgehead atoms. The summed E-state index contributed by atoms with van der Waals surface area (Å²) in [6.07, 6.45) is 2.12. The molecule has 1 aliphatic rings. The normalized spacial score (nSPS) is 15.6. The fraction of sp³-hybridized carbons (Fsp3) is 0.450. The van der Waals surface area contributed by atoms with Crippen molar-refractivity contribution in [2.45, 2.75) is 44.9 Å². The fourth-order valence-corrected chi connectivity index (χ4v) is 4.44. The van der Waals surface area contributed by atoms with Crippen molar-refractivity contribution < 1.29 is 4.79 Å². The zero-order chi connectivity index (χ0) is 19.1. The van der Waals surface area contributed by atoms with E-state index in [1.165, 1.54) is 4.57 Å². The zero-order valence-electron chi connectivity index (χ0n) is 15.6. The van der Waals surface area contributed by atoms with E-state index >= 15 is 0 Å². The Morgan fingerprint density at radius 3 is 2.65 bits per heavy atom. The Bertz CT molecular complexity index is 976. The van der Waals surface area contributed by atoms with Crippen LogP contribution in [0, 0.1) is 16.7 Å². The van der Waals surface area contributed by atoms with Crippen molar-refractivity contribution in [2.24, 2.45) is 12.5 Å². The van der Waals surface area contributed by atoms with Gasteiger partial charge < -0.3 is 0 Å². The molecular formula is C20H23N3O2S. The van der Waals surface area contributed by atoms with Gasteiger partial charge >= 0.3 is 5.69 Å². The maximum absolute atomic E-state index is 12.9. The van der Waals surface area contributed by atoms with Crippen LogP contribution in [0.3, 0.4) is 0 Å². The summed E-state index contributed by atoms with van der Waals surface area (Å²) in [7, 11) is 1.66. The van der Waals surface area contributed by atoms with Crippen LogP contribution in [0.2, 0.25) is 0 Å². The van der Waals surface area contributed by atoms with Crippen molar-refractivity contribution in [3.63, 3.8) is 0 Å². The zero-order valence-corrected chi connectivity index (χ0v) is 16.4. The van der Waals surface area contributed by atoms with E-state index in [4.69, 9.17) is 0 Å². The van der Waals surface area contributed by atoms with Crippen LogP contribution in [0.5, 0.6) is 0 Å². The molecule has 0 saturated heterocycles. The Labute approximate surface area is 157 Å². The highest BCUT2D eigenvalue weighted by atomic mass is 32.2.